The van der Waals surface area contributed by atoms with Gasteiger partial charge in [-0.15, -0.1) is 0 Å². The Bertz CT molecular complexity index is 770. The zero-order valence-electron chi connectivity index (χ0n) is 13.6. The smallest absolute Gasteiger partial charge is 0.314 e. The summed E-state index contributed by atoms with van der Waals surface area (Å²) in [5.41, 5.74) is 0.180. The number of aliphatic carboxylic acids is 1. The van der Waals surface area contributed by atoms with Crippen LogP contribution in [0.1, 0.15) is 36.2 Å². The molecule has 24 heavy (non-hydrogen) atoms. The summed E-state index contributed by atoms with van der Waals surface area (Å²) in [5.74, 6) is -1.60. The van der Waals surface area contributed by atoms with Crippen molar-refractivity contribution in [2.75, 3.05) is 5.32 Å². The normalized spacial score (nSPS) is 12.9. The largest absolute Gasteiger partial charge is 0.481 e. The van der Waals surface area contributed by atoms with Crippen LogP contribution in [0.2, 0.25) is 0 Å². The fourth-order valence-corrected chi connectivity index (χ4v) is 2.45. The van der Waals surface area contributed by atoms with Gasteiger partial charge in [-0.25, -0.2) is 0 Å². The number of benzene rings is 2. The minimum atomic E-state index is -1.33. The van der Waals surface area contributed by atoms with Crippen molar-refractivity contribution >= 4 is 23.3 Å². The first-order valence-corrected chi connectivity index (χ1v) is 7.53. The quantitative estimate of drug-likeness (QED) is 0.799. The van der Waals surface area contributed by atoms with Crippen LogP contribution in [-0.2, 0) is 15.0 Å². The summed E-state index contributed by atoms with van der Waals surface area (Å²) in [6.45, 7) is 2.97. The molecule has 0 aliphatic rings. The molecule has 0 aromatic heterocycles. The van der Waals surface area contributed by atoms with Crippen molar-refractivity contribution in [1.29, 1.82) is 0 Å². The highest BCUT2D eigenvalue weighted by atomic mass is 16.4. The Balaban J connectivity index is 2.19. The Morgan fingerprint density at radius 1 is 1.04 bits per heavy atom. The van der Waals surface area contributed by atoms with Crippen LogP contribution in [0.3, 0.4) is 0 Å². The summed E-state index contributed by atoms with van der Waals surface area (Å²) in [7, 11) is 0. The Labute approximate surface area is 140 Å². The highest BCUT2D eigenvalue weighted by molar-refractivity contribution is 5.98. The molecule has 0 fully saturated rings. The highest BCUT2D eigenvalue weighted by Gasteiger charge is 2.37. The average Bonchev–Trinajstić information content (AvgIpc) is 2.55. The van der Waals surface area contributed by atoms with Crippen LogP contribution in [0.15, 0.2) is 54.6 Å². The lowest BCUT2D eigenvalue weighted by Crippen LogP contribution is -2.36. The van der Waals surface area contributed by atoms with Gasteiger partial charge in [0.25, 0.3) is 0 Å². The Kier molecular flexibility index (Phi) is 5.14. The number of nitrogens with one attached hydrogen (secondary N) is 1. The van der Waals surface area contributed by atoms with Crippen molar-refractivity contribution in [2.45, 2.75) is 25.7 Å². The summed E-state index contributed by atoms with van der Waals surface area (Å²) in [5, 5.41) is 12.3. The Morgan fingerprint density at radius 2 is 1.71 bits per heavy atom. The van der Waals surface area contributed by atoms with Gasteiger partial charge in [-0.2, -0.15) is 0 Å². The van der Waals surface area contributed by atoms with Crippen LogP contribution < -0.4 is 5.32 Å². The van der Waals surface area contributed by atoms with Gasteiger partial charge in [-0.05, 0) is 31.5 Å². The molecule has 0 saturated carbocycles. The van der Waals surface area contributed by atoms with E-state index in [0.717, 1.165) is 0 Å². The lowest BCUT2D eigenvalue weighted by molar-refractivity contribution is -0.145. The van der Waals surface area contributed by atoms with Crippen LogP contribution in [0.25, 0.3) is 0 Å². The van der Waals surface area contributed by atoms with E-state index in [1.165, 1.54) is 13.8 Å². The van der Waals surface area contributed by atoms with Gasteiger partial charge < -0.3 is 10.4 Å². The van der Waals surface area contributed by atoms with E-state index in [4.69, 9.17) is 0 Å². The first-order chi connectivity index (χ1) is 11.3. The van der Waals surface area contributed by atoms with Gasteiger partial charge in [0.1, 0.15) is 0 Å². The molecular formula is C19H19NO4. The van der Waals surface area contributed by atoms with Crippen molar-refractivity contribution < 1.29 is 19.5 Å². The molecule has 124 valence electrons. The lowest BCUT2D eigenvalue weighted by Gasteiger charge is -2.24. The van der Waals surface area contributed by atoms with E-state index < -0.39 is 17.3 Å². The summed E-state index contributed by atoms with van der Waals surface area (Å²) >= 11 is 0. The van der Waals surface area contributed by atoms with Crippen LogP contribution in [0.5, 0.6) is 0 Å². The van der Waals surface area contributed by atoms with E-state index in [0.29, 0.717) is 16.8 Å². The lowest BCUT2D eigenvalue weighted by atomic mass is 9.79. The van der Waals surface area contributed by atoms with Gasteiger partial charge in [0, 0.05) is 17.7 Å². The molecule has 2 aromatic rings. The molecule has 0 spiro atoms. The number of ketones is 1. The molecule has 2 rings (SSSR count). The maximum absolute atomic E-state index is 12.3. The van der Waals surface area contributed by atoms with Crippen molar-refractivity contribution in [1.82, 2.24) is 0 Å². The number of amides is 1. The molecule has 2 N–H and O–H groups in total. The van der Waals surface area contributed by atoms with Crippen molar-refractivity contribution in [3.05, 3.63) is 65.7 Å². The zero-order chi connectivity index (χ0) is 17.7. The van der Waals surface area contributed by atoms with Crippen LogP contribution in [0.4, 0.5) is 5.69 Å². The number of Topliss-reactive ketones (excluding diaryl/α,β-unsaturated/α-hetero) is 1. The van der Waals surface area contributed by atoms with E-state index in [-0.39, 0.29) is 12.2 Å². The third kappa shape index (κ3) is 3.87. The molecule has 0 aliphatic carbocycles. The molecule has 1 atom stereocenters. The van der Waals surface area contributed by atoms with E-state index >= 15 is 0 Å². The maximum atomic E-state index is 12.3. The molecule has 0 saturated heterocycles. The molecule has 2 aromatic carbocycles. The number of anilines is 1. The minimum Gasteiger partial charge on any atom is -0.481 e. The fourth-order valence-electron chi connectivity index (χ4n) is 2.45. The summed E-state index contributed by atoms with van der Waals surface area (Å²) in [6.07, 6.45) is -0.212. The summed E-state index contributed by atoms with van der Waals surface area (Å²) in [6, 6.07) is 15.2. The van der Waals surface area contributed by atoms with Crippen molar-refractivity contribution in [3.8, 4) is 0 Å². The van der Waals surface area contributed by atoms with E-state index in [2.05, 4.69) is 5.32 Å². The number of carbonyl (C=O) groups is 3. The Morgan fingerprint density at radius 3 is 2.29 bits per heavy atom. The molecule has 0 aliphatic heterocycles. The monoisotopic (exact) mass is 325 g/mol. The number of carbonyl (C=O) groups excluding carboxylic acids is 2. The van der Waals surface area contributed by atoms with E-state index in [1.54, 1.807) is 54.6 Å². The van der Waals surface area contributed by atoms with Crippen molar-refractivity contribution in [3.63, 3.8) is 0 Å². The number of hydrogen-bond acceptors (Lipinski definition) is 3. The topological polar surface area (TPSA) is 83.5 Å². The van der Waals surface area contributed by atoms with Crippen LogP contribution in [0, 0.1) is 0 Å². The molecule has 0 bridgehead atoms. The third-order valence-electron chi connectivity index (χ3n) is 3.95. The van der Waals surface area contributed by atoms with E-state index in [1.807, 2.05) is 0 Å². The van der Waals surface area contributed by atoms with Gasteiger partial charge in [0.15, 0.2) is 5.78 Å². The first-order valence-electron chi connectivity index (χ1n) is 7.53. The predicted octanol–water partition coefficient (Wildman–Crippen LogP) is 3.26. The minimum absolute atomic E-state index is 0.106. The number of carboxylic acid groups (broad SMARTS) is 1. The van der Waals surface area contributed by atoms with E-state index in [9.17, 15) is 19.5 Å². The van der Waals surface area contributed by atoms with Gasteiger partial charge in [0.2, 0.25) is 5.91 Å². The average molecular weight is 325 g/mol. The standard InChI is InChI=1S/C19H19NO4/c1-13(21)14-7-6-10-16(11-14)20-17(22)12-19(2,18(23)24)15-8-4-3-5-9-15/h3-11H,12H2,1-2H3,(H,20,22)(H,23,24). The second-order valence-corrected chi connectivity index (χ2v) is 5.87. The summed E-state index contributed by atoms with van der Waals surface area (Å²) < 4.78 is 0. The third-order valence-corrected chi connectivity index (χ3v) is 3.95. The van der Waals surface area contributed by atoms with Crippen LogP contribution in [-0.4, -0.2) is 22.8 Å². The number of rotatable bonds is 6. The highest BCUT2D eigenvalue weighted by Crippen LogP contribution is 2.28. The Hall–Kier alpha value is -2.95. The van der Waals surface area contributed by atoms with Gasteiger partial charge in [-0.3, -0.25) is 14.4 Å². The predicted molar refractivity (Wildman–Crippen MR) is 91.1 cm³/mol. The summed E-state index contributed by atoms with van der Waals surface area (Å²) in [4.78, 5) is 35.5. The molecule has 5 heteroatoms. The fraction of sp³-hybridized carbons (Fsp3) is 0.211. The van der Waals surface area contributed by atoms with Crippen molar-refractivity contribution in [2.24, 2.45) is 0 Å². The van der Waals surface area contributed by atoms with Gasteiger partial charge in [0.05, 0.1) is 5.41 Å². The number of hydrogen-bond donors (Lipinski definition) is 2. The molecule has 5 nitrogen and oxygen atoms in total. The molecule has 1 unspecified atom stereocenters. The molecule has 0 heterocycles. The second-order valence-electron chi connectivity index (χ2n) is 5.87. The first kappa shape index (κ1) is 17.4. The van der Waals surface area contributed by atoms with Crippen LogP contribution >= 0.6 is 0 Å². The maximum Gasteiger partial charge on any atom is 0.314 e. The SMILES string of the molecule is CC(=O)c1cccc(NC(=O)CC(C)(C(=O)O)c2ccccc2)c1. The van der Waals surface area contributed by atoms with Gasteiger partial charge in [-0.1, -0.05) is 42.5 Å². The zero-order valence-corrected chi connectivity index (χ0v) is 13.6. The number of carboxylic acids is 1. The molecule has 0 radical (unpaired) electrons. The molecular weight excluding hydrogens is 306 g/mol. The molecule has 1 amide bonds. The second kappa shape index (κ2) is 7.08. The van der Waals surface area contributed by atoms with Gasteiger partial charge >= 0.3 is 5.97 Å².